The van der Waals surface area contributed by atoms with E-state index < -0.39 is 41.2 Å². The average molecular weight is 673 g/mol. The third-order valence-electron chi connectivity index (χ3n) is 8.43. The summed E-state index contributed by atoms with van der Waals surface area (Å²) < 4.78 is 7.50. The number of nitrogens with zero attached hydrogens (tertiary/aromatic N) is 2. The lowest BCUT2D eigenvalue weighted by molar-refractivity contribution is -0.142. The Labute approximate surface area is 293 Å². The van der Waals surface area contributed by atoms with E-state index in [1.807, 2.05) is 97.5 Å². The molecule has 5 aromatic rings. The van der Waals surface area contributed by atoms with Gasteiger partial charge in [-0.25, -0.2) is 14.6 Å². The summed E-state index contributed by atoms with van der Waals surface area (Å²) in [6.45, 7) is 5.19. The number of hydrogen-bond donors (Lipinski definition) is 3. The summed E-state index contributed by atoms with van der Waals surface area (Å²) in [5.74, 6) is -1.76. The molecule has 0 aliphatic carbocycles. The van der Waals surface area contributed by atoms with Crippen molar-refractivity contribution in [2.24, 2.45) is 0 Å². The Kier molecular flexibility index (Phi) is 11.5. The molecule has 0 fully saturated rings. The smallest absolute Gasteiger partial charge is 0.408 e. The second-order valence-corrected chi connectivity index (χ2v) is 13.3. The minimum absolute atomic E-state index is 0.166. The van der Waals surface area contributed by atoms with Crippen LogP contribution in [0.5, 0.6) is 0 Å². The average Bonchev–Trinajstić information content (AvgIpc) is 3.58. The van der Waals surface area contributed by atoms with Gasteiger partial charge in [0.1, 0.15) is 23.2 Å². The molecule has 2 amide bonds. The SMILES string of the molecule is CC(C)(C)OC(=O)NC(Cc1ccccc1)C(=O)NC(CCCc1cn(C(c2ccccc2)(c2ccccc2)c2ccccc2)cn1)C(=O)O. The van der Waals surface area contributed by atoms with Crippen molar-refractivity contribution in [1.29, 1.82) is 0 Å². The lowest BCUT2D eigenvalue weighted by Gasteiger charge is -2.37. The lowest BCUT2D eigenvalue weighted by atomic mass is 9.77. The predicted molar refractivity (Wildman–Crippen MR) is 193 cm³/mol. The first-order valence-corrected chi connectivity index (χ1v) is 16.8. The number of nitrogens with one attached hydrogen (secondary N) is 2. The van der Waals surface area contributed by atoms with Gasteiger partial charge in [-0.15, -0.1) is 0 Å². The third-order valence-corrected chi connectivity index (χ3v) is 8.43. The van der Waals surface area contributed by atoms with Crippen LogP contribution in [0.1, 0.15) is 61.6 Å². The maximum atomic E-state index is 13.5. The summed E-state index contributed by atoms with van der Waals surface area (Å²) in [6.07, 6.45) is 4.36. The van der Waals surface area contributed by atoms with Gasteiger partial charge < -0.3 is 25.0 Å². The molecule has 4 aromatic carbocycles. The minimum Gasteiger partial charge on any atom is -0.480 e. The molecule has 0 bridgehead atoms. The van der Waals surface area contributed by atoms with E-state index in [2.05, 4.69) is 51.6 Å². The van der Waals surface area contributed by atoms with Crippen molar-refractivity contribution >= 4 is 18.0 Å². The Morgan fingerprint density at radius 2 is 1.24 bits per heavy atom. The molecular weight excluding hydrogens is 628 g/mol. The number of hydrogen-bond acceptors (Lipinski definition) is 5. The minimum atomic E-state index is -1.17. The molecule has 0 saturated carbocycles. The molecule has 5 rings (SSSR count). The Morgan fingerprint density at radius 3 is 1.72 bits per heavy atom. The number of aromatic nitrogens is 2. The van der Waals surface area contributed by atoms with Crippen LogP contribution < -0.4 is 10.6 Å². The first kappa shape index (κ1) is 35.6. The van der Waals surface area contributed by atoms with E-state index in [1.165, 1.54) is 0 Å². The topological polar surface area (TPSA) is 123 Å². The van der Waals surface area contributed by atoms with Crippen LogP contribution in [-0.2, 0) is 32.7 Å². The standard InChI is InChI=1S/C41H44N4O5/c1-40(2,3)50-39(49)44-36(27-30-17-8-4-9-18-30)37(46)43-35(38(47)48)26-16-25-34-28-45(29-42-34)41(31-19-10-5-11-20-31,32-21-12-6-13-22-32)33-23-14-7-15-24-33/h4-15,17-24,28-29,35-36H,16,25-27H2,1-3H3,(H,43,46)(H,44,49)(H,47,48). The van der Waals surface area contributed by atoms with Gasteiger partial charge in [0.05, 0.1) is 12.0 Å². The summed E-state index contributed by atoms with van der Waals surface area (Å²) in [6, 6.07) is 37.9. The lowest BCUT2D eigenvalue weighted by Crippen LogP contribution is -2.53. The number of carboxylic acid groups (broad SMARTS) is 1. The molecule has 0 radical (unpaired) electrons. The van der Waals surface area contributed by atoms with Crippen molar-refractivity contribution in [3.63, 3.8) is 0 Å². The van der Waals surface area contributed by atoms with Crippen LogP contribution in [-0.4, -0.2) is 50.3 Å². The fraction of sp³-hybridized carbons (Fsp3) is 0.268. The zero-order valence-corrected chi connectivity index (χ0v) is 28.7. The van der Waals surface area contributed by atoms with Crippen LogP contribution in [0.15, 0.2) is 134 Å². The third kappa shape index (κ3) is 8.85. The molecule has 9 heteroatoms. The van der Waals surface area contributed by atoms with E-state index in [9.17, 15) is 19.5 Å². The number of aryl methyl sites for hydroxylation is 1. The molecule has 0 aliphatic rings. The van der Waals surface area contributed by atoms with Crippen LogP contribution in [0.25, 0.3) is 0 Å². The molecule has 1 aromatic heterocycles. The molecule has 1 heterocycles. The molecule has 0 aliphatic heterocycles. The fourth-order valence-electron chi connectivity index (χ4n) is 6.19. The van der Waals surface area contributed by atoms with Gasteiger partial charge in [0.25, 0.3) is 0 Å². The van der Waals surface area contributed by atoms with Gasteiger partial charge >= 0.3 is 12.1 Å². The van der Waals surface area contributed by atoms with Crippen molar-refractivity contribution in [1.82, 2.24) is 20.2 Å². The van der Waals surface area contributed by atoms with Gasteiger partial charge in [-0.1, -0.05) is 121 Å². The number of alkyl carbamates (subject to hydrolysis) is 1. The summed E-state index contributed by atoms with van der Waals surface area (Å²) in [5, 5.41) is 15.3. The van der Waals surface area contributed by atoms with Crippen molar-refractivity contribution < 1.29 is 24.2 Å². The molecule has 258 valence electrons. The zero-order chi connectivity index (χ0) is 35.6. The van der Waals surface area contributed by atoms with E-state index in [0.29, 0.717) is 12.8 Å². The molecule has 2 atom stereocenters. The summed E-state index contributed by atoms with van der Waals surface area (Å²) >= 11 is 0. The number of aliphatic carboxylic acids is 1. The molecular formula is C41H44N4O5. The molecule has 9 nitrogen and oxygen atoms in total. The monoisotopic (exact) mass is 672 g/mol. The zero-order valence-electron chi connectivity index (χ0n) is 28.7. The van der Waals surface area contributed by atoms with E-state index in [-0.39, 0.29) is 12.8 Å². The van der Waals surface area contributed by atoms with Crippen LogP contribution in [0.3, 0.4) is 0 Å². The highest BCUT2D eigenvalue weighted by Crippen LogP contribution is 2.40. The Hall–Kier alpha value is -5.70. The van der Waals surface area contributed by atoms with Gasteiger partial charge in [-0.2, -0.15) is 0 Å². The Balaban J connectivity index is 1.33. The normalized spacial score (nSPS) is 12.8. The van der Waals surface area contributed by atoms with Crippen molar-refractivity contribution in [2.45, 2.75) is 69.7 Å². The number of rotatable bonds is 14. The van der Waals surface area contributed by atoms with E-state index >= 15 is 0 Å². The van der Waals surface area contributed by atoms with Crippen LogP contribution in [0.2, 0.25) is 0 Å². The molecule has 0 spiro atoms. The highest BCUT2D eigenvalue weighted by Gasteiger charge is 2.38. The molecule has 2 unspecified atom stereocenters. The Morgan fingerprint density at radius 1 is 0.740 bits per heavy atom. The predicted octanol–water partition coefficient (Wildman–Crippen LogP) is 6.75. The second-order valence-electron chi connectivity index (χ2n) is 13.3. The molecule has 0 saturated heterocycles. The first-order chi connectivity index (χ1) is 24.1. The van der Waals surface area contributed by atoms with E-state index in [4.69, 9.17) is 9.72 Å². The molecule has 3 N–H and O–H groups in total. The largest absolute Gasteiger partial charge is 0.480 e. The number of carbonyl (C=O) groups excluding carboxylic acids is 2. The highest BCUT2D eigenvalue weighted by atomic mass is 16.6. The van der Waals surface area contributed by atoms with Gasteiger partial charge in [0, 0.05) is 12.6 Å². The number of carbonyl (C=O) groups is 3. The van der Waals surface area contributed by atoms with Gasteiger partial charge in [-0.05, 0) is 62.3 Å². The number of carboxylic acids is 1. The first-order valence-electron chi connectivity index (χ1n) is 16.8. The number of imidazole rings is 1. The fourth-order valence-corrected chi connectivity index (χ4v) is 6.19. The van der Waals surface area contributed by atoms with Crippen molar-refractivity contribution in [3.8, 4) is 0 Å². The van der Waals surface area contributed by atoms with E-state index in [1.54, 1.807) is 20.8 Å². The van der Waals surface area contributed by atoms with Crippen LogP contribution >= 0.6 is 0 Å². The highest BCUT2D eigenvalue weighted by molar-refractivity contribution is 5.89. The number of ether oxygens (including phenoxy) is 1. The number of benzene rings is 4. The van der Waals surface area contributed by atoms with Gasteiger partial charge in [0.2, 0.25) is 5.91 Å². The van der Waals surface area contributed by atoms with Crippen molar-refractivity contribution in [3.05, 3.63) is 162 Å². The van der Waals surface area contributed by atoms with Gasteiger partial charge in [0.15, 0.2) is 0 Å². The quantitative estimate of drug-likeness (QED) is 0.112. The van der Waals surface area contributed by atoms with Gasteiger partial charge in [-0.3, -0.25) is 4.79 Å². The molecule has 50 heavy (non-hydrogen) atoms. The van der Waals surface area contributed by atoms with Crippen LogP contribution in [0, 0.1) is 0 Å². The van der Waals surface area contributed by atoms with Crippen molar-refractivity contribution in [2.75, 3.05) is 0 Å². The summed E-state index contributed by atoms with van der Waals surface area (Å²) in [7, 11) is 0. The summed E-state index contributed by atoms with van der Waals surface area (Å²) in [4.78, 5) is 43.2. The second kappa shape index (κ2) is 16.1. The maximum Gasteiger partial charge on any atom is 0.408 e. The maximum absolute atomic E-state index is 13.5. The number of amides is 2. The van der Waals surface area contributed by atoms with E-state index in [0.717, 1.165) is 27.9 Å². The summed E-state index contributed by atoms with van der Waals surface area (Å²) in [5.41, 5.74) is 3.34. The Bertz CT molecular complexity index is 1740. The van der Waals surface area contributed by atoms with Crippen LogP contribution in [0.4, 0.5) is 4.79 Å².